The van der Waals surface area contributed by atoms with Crippen LogP contribution in [0.1, 0.15) is 5.56 Å². The molecule has 0 aliphatic carbocycles. The fourth-order valence-electron chi connectivity index (χ4n) is 1.18. The van der Waals surface area contributed by atoms with E-state index in [9.17, 15) is 13.7 Å². The van der Waals surface area contributed by atoms with Crippen molar-refractivity contribution in [2.45, 2.75) is 16.7 Å². The molecular weight excluding hydrogens is 355 g/mol. The van der Waals surface area contributed by atoms with E-state index < -0.39 is 9.84 Å². The maximum absolute atomic E-state index is 11.8. The minimum Gasteiger partial charge on any atom is -0.691 e. The first kappa shape index (κ1) is 18.9. The van der Waals surface area contributed by atoms with Crippen LogP contribution in [0, 0.1) is 6.92 Å². The first-order valence-electron chi connectivity index (χ1n) is 4.54. The van der Waals surface area contributed by atoms with Crippen LogP contribution in [0.25, 0.3) is 0 Å². The summed E-state index contributed by atoms with van der Waals surface area (Å²) in [5.74, 6) is 0.0408. The van der Waals surface area contributed by atoms with E-state index in [0.29, 0.717) is 15.8 Å². The minimum absolute atomic E-state index is 0. The Hall–Kier alpha value is 0.880. The third kappa shape index (κ3) is 5.48. The summed E-state index contributed by atoms with van der Waals surface area (Å²) in [7, 11) is -3.26. The summed E-state index contributed by atoms with van der Waals surface area (Å²) in [6.45, 7) is 1.73. The molecule has 18 heavy (non-hydrogen) atoms. The fraction of sp³-hybridized carbons (Fsp3) is 0.333. The Bertz CT molecular complexity index is 480. The van der Waals surface area contributed by atoms with Gasteiger partial charge in [0.15, 0.2) is 9.84 Å². The van der Waals surface area contributed by atoms with Crippen LogP contribution >= 0.6 is 28.0 Å². The van der Waals surface area contributed by atoms with Crippen LogP contribution in [0.15, 0.2) is 28.0 Å². The average Bonchev–Trinajstić information content (AvgIpc) is 2.27. The van der Waals surface area contributed by atoms with E-state index in [1.54, 1.807) is 13.0 Å². The van der Waals surface area contributed by atoms with Gasteiger partial charge in [0.2, 0.25) is 0 Å². The van der Waals surface area contributed by atoms with Gasteiger partial charge in [0.25, 0.3) is 0 Å². The van der Waals surface area contributed by atoms with Crippen LogP contribution in [0.2, 0.25) is 0 Å². The summed E-state index contributed by atoms with van der Waals surface area (Å²) in [6.07, 6.45) is 0. The van der Waals surface area contributed by atoms with Crippen molar-refractivity contribution in [3.05, 3.63) is 23.8 Å². The summed E-state index contributed by atoms with van der Waals surface area (Å²) in [5.41, 5.74) is 0.697. The fourth-order valence-corrected chi connectivity index (χ4v) is 3.94. The molecule has 0 spiro atoms. The maximum atomic E-state index is 11.8. The van der Waals surface area contributed by atoms with Gasteiger partial charge in [-0.05, 0) is 30.7 Å². The van der Waals surface area contributed by atoms with Crippen molar-refractivity contribution >= 4 is 37.8 Å². The number of hydrogen-bond donors (Lipinski definition) is 0. The second-order valence-electron chi connectivity index (χ2n) is 3.15. The van der Waals surface area contributed by atoms with Crippen molar-refractivity contribution < 1.29 is 52.6 Å². The van der Waals surface area contributed by atoms with Crippen LogP contribution in [-0.4, -0.2) is 19.5 Å². The summed E-state index contributed by atoms with van der Waals surface area (Å²) in [5, 5.41) is 13.3. The van der Waals surface area contributed by atoms with Crippen LogP contribution in [0.4, 0.5) is 0 Å². The van der Waals surface area contributed by atoms with E-state index in [4.69, 9.17) is 0 Å². The van der Waals surface area contributed by atoms with Crippen LogP contribution < -0.4 is 34.8 Å². The molecular formula is C9H10BrNaO5S2. The van der Waals surface area contributed by atoms with Crippen molar-refractivity contribution in [2.75, 3.05) is 11.1 Å². The average molecular weight is 365 g/mol. The molecule has 0 aliphatic heterocycles. The molecule has 0 atom stereocenters. The Morgan fingerprint density at radius 1 is 1.44 bits per heavy atom. The first-order chi connectivity index (χ1) is 8.01. The van der Waals surface area contributed by atoms with Crippen LogP contribution in [0.5, 0.6) is 0 Å². The number of alkyl halides is 1. The summed E-state index contributed by atoms with van der Waals surface area (Å²) in [6, 6.07) is 4.58. The number of benzene rings is 1. The molecule has 96 valence electrons. The van der Waals surface area contributed by atoms with Gasteiger partial charge in [-0.1, -0.05) is 15.9 Å². The van der Waals surface area contributed by atoms with E-state index in [2.05, 4.69) is 25.3 Å². The summed E-state index contributed by atoms with van der Waals surface area (Å²) in [4.78, 5) is 0.875. The largest absolute Gasteiger partial charge is 1.00 e. The van der Waals surface area contributed by atoms with Gasteiger partial charge in [0.05, 0.1) is 22.7 Å². The predicted molar refractivity (Wildman–Crippen MR) is 65.1 cm³/mol. The topological polar surface area (TPSA) is 75.7 Å². The third-order valence-electron chi connectivity index (χ3n) is 2.00. The molecule has 0 fully saturated rings. The molecule has 0 saturated heterocycles. The Morgan fingerprint density at radius 2 is 2.11 bits per heavy atom. The normalized spacial score (nSPS) is 11.1. The molecule has 0 heterocycles. The molecule has 0 unspecified atom stereocenters. The van der Waals surface area contributed by atoms with E-state index in [1.807, 2.05) is 0 Å². The van der Waals surface area contributed by atoms with Crippen molar-refractivity contribution in [1.82, 2.24) is 0 Å². The molecule has 0 radical (unpaired) electrons. The van der Waals surface area contributed by atoms with Crippen molar-refractivity contribution in [2.24, 2.45) is 0 Å². The SMILES string of the molecule is Cc1cc(S(=O)(=O)CCBr)ccc1SOO[O-].[Na+]. The molecule has 5 nitrogen and oxygen atoms in total. The van der Waals surface area contributed by atoms with Gasteiger partial charge in [-0.25, -0.2) is 8.42 Å². The Labute approximate surface area is 141 Å². The van der Waals surface area contributed by atoms with Crippen molar-refractivity contribution in [3.8, 4) is 0 Å². The number of sulfone groups is 1. The zero-order chi connectivity index (χ0) is 12.9. The molecule has 0 amide bonds. The molecule has 0 bridgehead atoms. The van der Waals surface area contributed by atoms with E-state index >= 15 is 0 Å². The minimum atomic E-state index is -3.26. The summed E-state index contributed by atoms with van der Waals surface area (Å²) < 4.78 is 27.7. The number of halogens is 1. The molecule has 9 heteroatoms. The Morgan fingerprint density at radius 3 is 2.61 bits per heavy atom. The van der Waals surface area contributed by atoms with Gasteiger partial charge in [-0.15, -0.1) is 0 Å². The second kappa shape index (κ2) is 8.93. The van der Waals surface area contributed by atoms with Crippen molar-refractivity contribution in [3.63, 3.8) is 0 Å². The quantitative estimate of drug-likeness (QED) is 0.199. The number of aryl methyl sites for hydroxylation is 1. The van der Waals surface area contributed by atoms with Gasteiger partial charge < -0.3 is 5.26 Å². The third-order valence-corrected chi connectivity index (χ3v) is 5.40. The Balaban J connectivity index is 0.00000289. The molecule has 0 saturated carbocycles. The summed E-state index contributed by atoms with van der Waals surface area (Å²) >= 11 is 3.84. The second-order valence-corrected chi connectivity index (χ2v) is 6.80. The zero-order valence-electron chi connectivity index (χ0n) is 9.88. The molecule has 0 aliphatic rings. The van der Waals surface area contributed by atoms with Crippen LogP contribution in [0.3, 0.4) is 0 Å². The van der Waals surface area contributed by atoms with Gasteiger partial charge in [-0.2, -0.15) is 4.33 Å². The van der Waals surface area contributed by atoms with Gasteiger partial charge in [0.1, 0.15) is 0 Å². The predicted octanol–water partition coefficient (Wildman–Crippen LogP) is -1.60. The molecule has 0 aromatic heterocycles. The van der Waals surface area contributed by atoms with Crippen molar-refractivity contribution in [1.29, 1.82) is 0 Å². The van der Waals surface area contributed by atoms with Gasteiger partial charge in [-0.3, -0.25) is 5.04 Å². The van der Waals surface area contributed by atoms with E-state index in [0.717, 1.165) is 12.0 Å². The van der Waals surface area contributed by atoms with E-state index in [1.165, 1.54) is 12.1 Å². The molecule has 1 rings (SSSR count). The van der Waals surface area contributed by atoms with E-state index in [-0.39, 0.29) is 40.2 Å². The molecule has 0 N–H and O–H groups in total. The number of hydrogen-bond acceptors (Lipinski definition) is 6. The van der Waals surface area contributed by atoms with Gasteiger partial charge in [0, 0.05) is 10.2 Å². The monoisotopic (exact) mass is 364 g/mol. The molecule has 1 aromatic rings. The standard InChI is InChI=1S/C9H11BrO5S2.Na/c1-7-6-8(17(12,13)5-4-10)2-3-9(7)16-15-14-11;/h2-3,6,11H,4-5H2,1H3;/q;+1/p-1. The maximum Gasteiger partial charge on any atom is 1.00 e. The smallest absolute Gasteiger partial charge is 0.691 e. The first-order valence-corrected chi connectivity index (χ1v) is 8.05. The zero-order valence-corrected chi connectivity index (χ0v) is 15.1. The number of rotatable bonds is 6. The Kier molecular flexibility index (Phi) is 9.37. The van der Waals surface area contributed by atoms with Gasteiger partial charge >= 0.3 is 29.6 Å². The molecule has 1 aromatic carbocycles. The van der Waals surface area contributed by atoms with Crippen LogP contribution in [-0.2, 0) is 19.2 Å².